The van der Waals surface area contributed by atoms with Crippen LogP contribution in [0.4, 0.5) is 16.2 Å². The fourth-order valence-corrected chi connectivity index (χ4v) is 2.67. The number of alkyl halides is 3. The van der Waals surface area contributed by atoms with E-state index in [9.17, 15) is 14.9 Å². The van der Waals surface area contributed by atoms with Crippen molar-refractivity contribution >= 4 is 69.6 Å². The van der Waals surface area contributed by atoms with Gasteiger partial charge in [-0.1, -0.05) is 77.3 Å². The van der Waals surface area contributed by atoms with Gasteiger partial charge in [0.15, 0.2) is 11.3 Å². The van der Waals surface area contributed by atoms with Crippen molar-refractivity contribution in [3.8, 4) is 0 Å². The average Bonchev–Trinajstić information content (AvgIpc) is 2.66. The number of hydrogen-bond acceptors (Lipinski definition) is 5. The molecule has 0 radical (unpaired) electrons. The lowest BCUT2D eigenvalue weighted by molar-refractivity contribution is -0.383. The van der Waals surface area contributed by atoms with E-state index in [0.717, 1.165) is 5.56 Å². The number of nitrogens with one attached hydrogen (secondary N) is 3. The number of para-hydroxylation sites is 2. The molecular formula is C17H15Cl3N4O4S. The van der Waals surface area contributed by atoms with Gasteiger partial charge in [-0.05, 0) is 23.8 Å². The Morgan fingerprint density at radius 3 is 2.34 bits per heavy atom. The maximum atomic E-state index is 12.1. The smallest absolute Gasteiger partial charge is 0.409 e. The summed E-state index contributed by atoms with van der Waals surface area (Å²) in [6.45, 7) is 0.0121. The van der Waals surface area contributed by atoms with Gasteiger partial charge in [0.1, 0.15) is 12.3 Å². The molecule has 0 heterocycles. The molecule has 0 unspecified atom stereocenters. The third-order valence-electron chi connectivity index (χ3n) is 3.43. The summed E-state index contributed by atoms with van der Waals surface area (Å²) in [6, 6.07) is 14.8. The number of amides is 1. The molecule has 0 aliphatic rings. The number of halogens is 3. The molecule has 0 spiro atoms. The third-order valence-corrected chi connectivity index (χ3v) is 4.30. The van der Waals surface area contributed by atoms with E-state index in [1.165, 1.54) is 18.2 Å². The highest BCUT2D eigenvalue weighted by Gasteiger charge is 2.35. The highest BCUT2D eigenvalue weighted by molar-refractivity contribution is 7.80. The van der Waals surface area contributed by atoms with Gasteiger partial charge >= 0.3 is 6.09 Å². The van der Waals surface area contributed by atoms with Crippen LogP contribution in [-0.4, -0.2) is 26.1 Å². The molecule has 29 heavy (non-hydrogen) atoms. The van der Waals surface area contributed by atoms with E-state index in [1.54, 1.807) is 30.3 Å². The summed E-state index contributed by atoms with van der Waals surface area (Å²) in [5.41, 5.74) is 0.705. The van der Waals surface area contributed by atoms with E-state index in [-0.39, 0.29) is 23.1 Å². The monoisotopic (exact) mass is 476 g/mol. The molecule has 0 saturated carbocycles. The summed E-state index contributed by atoms with van der Waals surface area (Å²) in [4.78, 5) is 22.6. The Bertz CT molecular complexity index is 880. The Labute approximate surface area is 186 Å². The van der Waals surface area contributed by atoms with Gasteiger partial charge in [-0.3, -0.25) is 15.4 Å². The lowest BCUT2D eigenvalue weighted by Crippen LogP contribution is -2.56. The van der Waals surface area contributed by atoms with Crippen molar-refractivity contribution in [3.63, 3.8) is 0 Å². The van der Waals surface area contributed by atoms with Crippen LogP contribution >= 0.6 is 47.0 Å². The summed E-state index contributed by atoms with van der Waals surface area (Å²) < 4.78 is 3.09. The predicted molar refractivity (Wildman–Crippen MR) is 116 cm³/mol. The van der Waals surface area contributed by atoms with Crippen LogP contribution < -0.4 is 16.0 Å². The normalized spacial score (nSPS) is 11.8. The molecule has 0 aromatic heterocycles. The van der Waals surface area contributed by atoms with Crippen LogP contribution in [0.25, 0.3) is 0 Å². The van der Waals surface area contributed by atoms with Crippen molar-refractivity contribution in [3.05, 3.63) is 70.3 Å². The molecule has 0 aliphatic heterocycles. The number of thiocarbonyl (C=S) groups is 1. The van der Waals surface area contributed by atoms with Crippen molar-refractivity contribution in [1.29, 1.82) is 0 Å². The highest BCUT2D eigenvalue weighted by atomic mass is 35.6. The van der Waals surface area contributed by atoms with Crippen LogP contribution in [0.2, 0.25) is 0 Å². The molecule has 0 bridgehead atoms. The first-order valence-electron chi connectivity index (χ1n) is 8.01. The van der Waals surface area contributed by atoms with Gasteiger partial charge in [0.25, 0.3) is 5.69 Å². The maximum absolute atomic E-state index is 12.1. The van der Waals surface area contributed by atoms with Crippen molar-refractivity contribution in [2.24, 2.45) is 0 Å². The van der Waals surface area contributed by atoms with Gasteiger partial charge < -0.3 is 15.4 Å². The van der Waals surface area contributed by atoms with Gasteiger partial charge in [-0.2, -0.15) is 0 Å². The van der Waals surface area contributed by atoms with Gasteiger partial charge in [0.2, 0.25) is 3.79 Å². The molecule has 154 valence electrons. The minimum Gasteiger partial charge on any atom is -0.445 e. The number of rotatable bonds is 6. The average molecular weight is 478 g/mol. The zero-order valence-corrected chi connectivity index (χ0v) is 17.7. The molecule has 0 saturated heterocycles. The third kappa shape index (κ3) is 7.54. The molecule has 2 aromatic rings. The van der Waals surface area contributed by atoms with Gasteiger partial charge in [0, 0.05) is 6.07 Å². The molecule has 3 N–H and O–H groups in total. The Kier molecular flexibility index (Phi) is 8.27. The topological polar surface area (TPSA) is 106 Å². The highest BCUT2D eigenvalue weighted by Crippen LogP contribution is 2.29. The molecule has 2 aromatic carbocycles. The largest absolute Gasteiger partial charge is 0.445 e. The van der Waals surface area contributed by atoms with Crippen molar-refractivity contribution in [2.45, 2.75) is 16.6 Å². The zero-order valence-electron chi connectivity index (χ0n) is 14.6. The second-order valence-electron chi connectivity index (χ2n) is 5.55. The van der Waals surface area contributed by atoms with Gasteiger partial charge in [-0.25, -0.2) is 4.79 Å². The van der Waals surface area contributed by atoms with E-state index >= 15 is 0 Å². The van der Waals surface area contributed by atoms with Crippen molar-refractivity contribution < 1.29 is 14.5 Å². The number of nitrogens with zero attached hydrogens (tertiary/aromatic N) is 1. The van der Waals surface area contributed by atoms with Crippen LogP contribution in [0.5, 0.6) is 0 Å². The first-order valence-corrected chi connectivity index (χ1v) is 9.56. The number of ether oxygens (including phenoxy) is 1. The van der Waals surface area contributed by atoms with Crippen LogP contribution in [0.1, 0.15) is 5.56 Å². The van der Waals surface area contributed by atoms with Crippen molar-refractivity contribution in [1.82, 2.24) is 10.6 Å². The van der Waals surface area contributed by atoms with E-state index in [4.69, 9.17) is 51.8 Å². The zero-order chi connectivity index (χ0) is 21.4. The lowest BCUT2D eigenvalue weighted by atomic mass is 10.2. The molecule has 1 amide bonds. The second-order valence-corrected chi connectivity index (χ2v) is 8.33. The van der Waals surface area contributed by atoms with E-state index in [2.05, 4.69) is 16.0 Å². The fraction of sp³-hybridized carbons (Fsp3) is 0.176. The van der Waals surface area contributed by atoms with Crippen molar-refractivity contribution in [2.75, 3.05) is 5.32 Å². The minimum absolute atomic E-state index is 0.0121. The molecule has 2 rings (SSSR count). The summed E-state index contributed by atoms with van der Waals surface area (Å²) in [7, 11) is 0. The number of alkyl carbamates (subject to hydrolysis) is 1. The standard InChI is InChI=1S/C17H15Cl3N4O4S/c18-17(19,20)14(23-16(25)28-10-11-6-2-1-3-7-11)22-15(29)21-12-8-4-5-9-13(12)24(26)27/h1-9,14H,10H2,(H,23,25)(H2,21,22,29)/t14-/m0/s1. The number of nitro groups is 1. The van der Waals surface area contributed by atoms with E-state index in [0.29, 0.717) is 0 Å². The number of anilines is 1. The quantitative estimate of drug-likeness (QED) is 0.185. The SMILES string of the molecule is O=C(N[C@H](NC(=S)Nc1ccccc1[N+](=O)[O-])C(Cl)(Cl)Cl)OCc1ccccc1. The summed E-state index contributed by atoms with van der Waals surface area (Å²) in [5, 5.41) is 18.6. The van der Waals surface area contributed by atoms with E-state index in [1.807, 2.05) is 6.07 Å². The molecule has 8 nitrogen and oxygen atoms in total. The molecule has 1 atom stereocenters. The molecule has 12 heteroatoms. The Morgan fingerprint density at radius 2 is 1.72 bits per heavy atom. The van der Waals surface area contributed by atoms with Crippen LogP contribution in [-0.2, 0) is 11.3 Å². The summed E-state index contributed by atoms with van der Waals surface area (Å²) in [5.74, 6) is 0. The molecular weight excluding hydrogens is 463 g/mol. The lowest BCUT2D eigenvalue weighted by Gasteiger charge is -2.27. The molecule has 0 aliphatic carbocycles. The van der Waals surface area contributed by atoms with Crippen LogP contribution in [0.3, 0.4) is 0 Å². The fourth-order valence-electron chi connectivity index (χ4n) is 2.11. The number of carbonyl (C=O) groups is 1. The summed E-state index contributed by atoms with van der Waals surface area (Å²) in [6.07, 6.45) is -2.13. The van der Waals surface area contributed by atoms with Gasteiger partial charge in [-0.15, -0.1) is 0 Å². The number of nitro benzene ring substituents is 1. The minimum atomic E-state index is -2.00. The number of benzene rings is 2. The van der Waals surface area contributed by atoms with Gasteiger partial charge in [0.05, 0.1) is 4.92 Å². The predicted octanol–water partition coefficient (Wildman–Crippen LogP) is 4.50. The Morgan fingerprint density at radius 1 is 1.10 bits per heavy atom. The number of carbonyl (C=O) groups excluding carboxylic acids is 1. The van der Waals surface area contributed by atoms with E-state index < -0.39 is 21.0 Å². The van der Waals surface area contributed by atoms with Crippen LogP contribution in [0.15, 0.2) is 54.6 Å². The summed E-state index contributed by atoms with van der Waals surface area (Å²) >= 11 is 22.8. The number of hydrogen-bond donors (Lipinski definition) is 3. The molecule has 0 fully saturated rings. The second kappa shape index (κ2) is 10.4. The first kappa shape index (κ1) is 23.0. The van der Waals surface area contributed by atoms with Crippen LogP contribution in [0, 0.1) is 10.1 Å². The Hall–Kier alpha value is -2.33. The Balaban J connectivity index is 1.99. The first-order chi connectivity index (χ1) is 13.7. The maximum Gasteiger partial charge on any atom is 0.409 e.